The number of amides is 2. The Balaban J connectivity index is 4.23. The van der Waals surface area contributed by atoms with E-state index in [0.29, 0.717) is 0 Å². The molecule has 2 unspecified atom stereocenters. The number of hydrogen-bond donors (Lipinski definition) is 5. The molecule has 21 heavy (non-hydrogen) atoms. The fourth-order valence-corrected chi connectivity index (χ4v) is 1.58. The topological polar surface area (TPSA) is 148 Å². The van der Waals surface area contributed by atoms with Crippen molar-refractivity contribution >= 4 is 52.7 Å². The first-order valence-electron chi connectivity index (χ1n) is 5.82. The number of nitrogens with one attached hydrogen (secondary N) is 2. The maximum absolute atomic E-state index is 11.7. The first-order chi connectivity index (χ1) is 9.81. The van der Waals surface area contributed by atoms with Crippen LogP contribution in [0, 0.1) is 0 Å². The normalized spacial score (nSPS) is 12.9. The zero-order chi connectivity index (χ0) is 16.4. The van der Waals surface area contributed by atoms with Gasteiger partial charge in [-0.2, -0.15) is 0 Å². The first kappa shape index (κ1) is 19.7. The Bertz CT molecular complexity index is 408. The molecule has 5 N–H and O–H groups in total. The van der Waals surface area contributed by atoms with Crippen LogP contribution in [0.25, 0.3) is 0 Å². The molecule has 9 nitrogen and oxygen atoms in total. The number of carboxylic acids is 1. The molecule has 0 heterocycles. The Morgan fingerprint density at radius 2 is 1.95 bits per heavy atom. The number of hydrogen-bond acceptors (Lipinski definition) is 7. The minimum absolute atomic E-state index is 0.0137. The second-order valence-corrected chi connectivity index (χ2v) is 4.72. The molecule has 11 heteroatoms. The Hall–Kier alpha value is -1.29. The number of nitrogens with two attached hydrogens (primary N) is 1. The summed E-state index contributed by atoms with van der Waals surface area (Å²) in [5, 5.41) is 13.2. The van der Waals surface area contributed by atoms with Crippen LogP contribution in [0.3, 0.4) is 0 Å². The van der Waals surface area contributed by atoms with Crippen LogP contribution >= 0.6 is 12.6 Å². The van der Waals surface area contributed by atoms with E-state index in [1.807, 2.05) is 0 Å². The average Bonchev–Trinajstić information content (AvgIpc) is 2.46. The van der Waals surface area contributed by atoms with E-state index in [2.05, 4.69) is 27.1 Å². The Morgan fingerprint density at radius 1 is 1.33 bits per heavy atom. The SMILES string of the molecule is NC(CCC(=O)NC(CS)C(=O)NCC(=O)O[SeH])C(=O)O. The molecular weight excluding hydrogens is 369 g/mol. The molecule has 0 rings (SSSR count). The van der Waals surface area contributed by atoms with E-state index >= 15 is 0 Å². The summed E-state index contributed by atoms with van der Waals surface area (Å²) in [7, 11) is 0. The number of aliphatic carboxylic acids is 1. The second kappa shape index (κ2) is 10.4. The molecule has 120 valence electrons. The van der Waals surface area contributed by atoms with E-state index in [9.17, 15) is 19.2 Å². The minimum Gasteiger partial charge on any atom is -0.480 e. The van der Waals surface area contributed by atoms with E-state index in [1.54, 1.807) is 16.3 Å². The van der Waals surface area contributed by atoms with Crippen molar-refractivity contribution < 1.29 is 28.1 Å². The van der Waals surface area contributed by atoms with Crippen molar-refractivity contribution in [2.24, 2.45) is 5.73 Å². The predicted molar refractivity (Wildman–Crippen MR) is 76.9 cm³/mol. The van der Waals surface area contributed by atoms with Crippen LogP contribution in [0.2, 0.25) is 0 Å². The van der Waals surface area contributed by atoms with Crippen molar-refractivity contribution in [3.05, 3.63) is 0 Å². The zero-order valence-corrected chi connectivity index (χ0v) is 13.7. The summed E-state index contributed by atoms with van der Waals surface area (Å²) in [6.07, 6.45) is -0.193. The van der Waals surface area contributed by atoms with Crippen molar-refractivity contribution in [2.45, 2.75) is 24.9 Å². The van der Waals surface area contributed by atoms with Crippen LogP contribution in [-0.4, -0.2) is 69.6 Å². The van der Waals surface area contributed by atoms with Crippen LogP contribution < -0.4 is 16.4 Å². The van der Waals surface area contributed by atoms with Gasteiger partial charge >= 0.3 is 125 Å². The van der Waals surface area contributed by atoms with Crippen LogP contribution in [0.1, 0.15) is 12.8 Å². The van der Waals surface area contributed by atoms with Crippen LogP contribution in [0.15, 0.2) is 0 Å². The van der Waals surface area contributed by atoms with Crippen LogP contribution in [0.4, 0.5) is 0 Å². The molecule has 0 fully saturated rings. The van der Waals surface area contributed by atoms with Gasteiger partial charge in [-0.1, -0.05) is 0 Å². The molecule has 0 bridgehead atoms. The molecule has 0 aliphatic carbocycles. The Kier molecular flexibility index (Phi) is 9.80. The molecule has 0 saturated heterocycles. The second-order valence-electron chi connectivity index (χ2n) is 3.97. The van der Waals surface area contributed by atoms with Crippen molar-refractivity contribution in [3.8, 4) is 0 Å². The zero-order valence-electron chi connectivity index (χ0n) is 10.9. The van der Waals surface area contributed by atoms with E-state index in [0.717, 1.165) is 0 Å². The van der Waals surface area contributed by atoms with Gasteiger partial charge in [-0.15, -0.1) is 0 Å². The van der Waals surface area contributed by atoms with E-state index in [1.165, 1.54) is 0 Å². The summed E-state index contributed by atoms with van der Waals surface area (Å²) in [4.78, 5) is 44.6. The fraction of sp³-hybridized carbons (Fsp3) is 0.600. The molecule has 2 amide bonds. The van der Waals surface area contributed by atoms with E-state index < -0.39 is 35.8 Å². The number of carbonyl (C=O) groups excluding carboxylic acids is 3. The third-order valence-electron chi connectivity index (χ3n) is 2.34. The minimum atomic E-state index is -1.21. The van der Waals surface area contributed by atoms with Gasteiger partial charge in [0.2, 0.25) is 0 Å². The van der Waals surface area contributed by atoms with Gasteiger partial charge in [0.1, 0.15) is 0 Å². The standard InChI is InChI=1S/C10H17N3O6SSe/c11-5(10(17)18)1-2-7(14)13-6(4-20)9(16)12-3-8(15)19-21/h5-6,20-21H,1-4,11H2,(H,12,16)(H,13,14)(H,17,18). The fourth-order valence-electron chi connectivity index (χ4n) is 1.19. The molecule has 0 radical (unpaired) electrons. The summed E-state index contributed by atoms with van der Waals surface area (Å²) < 4.78 is 4.29. The van der Waals surface area contributed by atoms with Gasteiger partial charge in [0.25, 0.3) is 0 Å². The summed E-state index contributed by atoms with van der Waals surface area (Å²) >= 11 is 5.53. The Morgan fingerprint density at radius 3 is 2.43 bits per heavy atom. The number of thiol groups is 1. The third kappa shape index (κ3) is 8.56. The average molecular weight is 386 g/mol. The first-order valence-corrected chi connectivity index (χ1v) is 7.22. The Labute approximate surface area is 134 Å². The van der Waals surface area contributed by atoms with Gasteiger partial charge in [-0.05, 0) is 0 Å². The third-order valence-corrected chi connectivity index (χ3v) is 3.14. The van der Waals surface area contributed by atoms with Crippen LogP contribution in [-0.2, 0) is 23.0 Å². The smallest absolute Gasteiger partial charge is 0.480 e. The molecule has 0 aliphatic heterocycles. The van der Waals surface area contributed by atoms with Crippen molar-refractivity contribution in [1.82, 2.24) is 10.6 Å². The van der Waals surface area contributed by atoms with Crippen molar-refractivity contribution in [3.63, 3.8) is 0 Å². The number of carboxylic acid groups (broad SMARTS) is 1. The van der Waals surface area contributed by atoms with Gasteiger partial charge in [-0.25, -0.2) is 0 Å². The summed E-state index contributed by atoms with van der Waals surface area (Å²) in [5.41, 5.74) is 5.26. The van der Waals surface area contributed by atoms with Crippen LogP contribution in [0.5, 0.6) is 0 Å². The van der Waals surface area contributed by atoms with E-state index in [4.69, 9.17) is 10.8 Å². The van der Waals surface area contributed by atoms with Crippen molar-refractivity contribution in [2.75, 3.05) is 12.3 Å². The summed E-state index contributed by atoms with van der Waals surface area (Å²) in [5.74, 6) is -2.98. The van der Waals surface area contributed by atoms with Gasteiger partial charge < -0.3 is 5.11 Å². The predicted octanol–water partition coefficient (Wildman–Crippen LogP) is -2.93. The number of rotatable bonds is 9. The number of carbonyl (C=O) groups is 4. The monoisotopic (exact) mass is 387 g/mol. The molecular formula is C10H17N3O6SSe. The molecule has 0 aliphatic rings. The van der Waals surface area contributed by atoms with Crippen molar-refractivity contribution in [1.29, 1.82) is 0 Å². The molecule has 0 saturated carbocycles. The van der Waals surface area contributed by atoms with Gasteiger partial charge in [0, 0.05) is 0 Å². The van der Waals surface area contributed by atoms with Gasteiger partial charge in [0.15, 0.2) is 0 Å². The molecule has 0 aromatic rings. The van der Waals surface area contributed by atoms with Gasteiger partial charge in [0.05, 0.1) is 0 Å². The summed E-state index contributed by atoms with van der Waals surface area (Å²) in [6, 6.07) is -2.09. The summed E-state index contributed by atoms with van der Waals surface area (Å²) in [6.45, 7) is -0.336. The molecule has 0 spiro atoms. The maximum atomic E-state index is 11.7. The van der Waals surface area contributed by atoms with E-state index in [-0.39, 0.29) is 25.1 Å². The van der Waals surface area contributed by atoms with Gasteiger partial charge in [-0.3, -0.25) is 4.79 Å². The quantitative estimate of drug-likeness (QED) is 0.210. The molecule has 0 aromatic heterocycles. The molecule has 2 atom stereocenters. The molecule has 0 aromatic carbocycles.